The minimum atomic E-state index is 0.378. The number of nitrogens with zero attached hydrogens (tertiary/aromatic N) is 2. The predicted octanol–water partition coefficient (Wildman–Crippen LogP) is 4.28. The summed E-state index contributed by atoms with van der Waals surface area (Å²) < 4.78 is 2.17. The van der Waals surface area contributed by atoms with Crippen molar-refractivity contribution in [2.24, 2.45) is 0 Å². The Labute approximate surface area is 121 Å². The Hall–Kier alpha value is -1.77. The molecule has 0 bridgehead atoms. The molecular formula is C17H25N3. The monoisotopic (exact) mass is 271 g/mol. The van der Waals surface area contributed by atoms with Gasteiger partial charge in [-0.2, -0.15) is 0 Å². The van der Waals surface area contributed by atoms with Crippen molar-refractivity contribution in [1.82, 2.24) is 9.55 Å². The third kappa shape index (κ3) is 2.58. The van der Waals surface area contributed by atoms with Crippen LogP contribution in [0.3, 0.4) is 0 Å². The lowest BCUT2D eigenvalue weighted by atomic mass is 10.0. The lowest BCUT2D eigenvalue weighted by Gasteiger charge is -2.10. The number of nitrogen functional groups attached to an aromatic ring is 1. The zero-order valence-corrected chi connectivity index (χ0v) is 13.2. The normalized spacial score (nSPS) is 11.3. The second-order valence-electron chi connectivity index (χ2n) is 5.83. The molecule has 1 aromatic heterocycles. The molecule has 0 aliphatic rings. The summed E-state index contributed by atoms with van der Waals surface area (Å²) in [7, 11) is 0. The molecule has 2 rings (SSSR count). The van der Waals surface area contributed by atoms with Crippen LogP contribution in [0.25, 0.3) is 11.3 Å². The average molecular weight is 271 g/mol. The van der Waals surface area contributed by atoms with Crippen molar-refractivity contribution in [2.45, 2.75) is 53.5 Å². The summed E-state index contributed by atoms with van der Waals surface area (Å²) in [5.74, 6) is 2.25. The van der Waals surface area contributed by atoms with E-state index in [0.29, 0.717) is 5.92 Å². The first-order valence-electron chi connectivity index (χ1n) is 7.39. The van der Waals surface area contributed by atoms with Crippen LogP contribution in [0.4, 0.5) is 5.82 Å². The van der Waals surface area contributed by atoms with Crippen molar-refractivity contribution >= 4 is 5.82 Å². The first-order chi connectivity index (χ1) is 9.45. The molecule has 0 atom stereocenters. The largest absolute Gasteiger partial charge is 0.383 e. The van der Waals surface area contributed by atoms with Gasteiger partial charge in [0.15, 0.2) is 0 Å². The fraction of sp³-hybridized carbons (Fsp3) is 0.471. The molecule has 2 aromatic rings. The fourth-order valence-corrected chi connectivity index (χ4v) is 2.66. The Balaban J connectivity index is 2.60. The van der Waals surface area contributed by atoms with Crippen LogP contribution in [0.5, 0.6) is 0 Å². The van der Waals surface area contributed by atoms with Gasteiger partial charge in [0.25, 0.3) is 0 Å². The second kappa shape index (κ2) is 5.70. The van der Waals surface area contributed by atoms with Gasteiger partial charge in [-0.05, 0) is 25.8 Å². The molecule has 1 heterocycles. The van der Waals surface area contributed by atoms with Crippen LogP contribution in [0.15, 0.2) is 18.2 Å². The molecule has 0 aliphatic heterocycles. The average Bonchev–Trinajstić information content (AvgIpc) is 2.68. The third-order valence-corrected chi connectivity index (χ3v) is 3.64. The van der Waals surface area contributed by atoms with E-state index >= 15 is 0 Å². The SMILES string of the molecule is CCCn1c(C(C)C)nc(-c2ccc(C)cc2C)c1N. The highest BCUT2D eigenvalue weighted by molar-refractivity contribution is 5.74. The van der Waals surface area contributed by atoms with E-state index in [0.717, 1.165) is 35.9 Å². The molecule has 2 N–H and O–H groups in total. The Morgan fingerprint density at radius 3 is 2.50 bits per heavy atom. The highest BCUT2D eigenvalue weighted by Gasteiger charge is 2.18. The Morgan fingerprint density at radius 1 is 1.25 bits per heavy atom. The Kier molecular flexibility index (Phi) is 4.17. The van der Waals surface area contributed by atoms with E-state index in [-0.39, 0.29) is 0 Å². The highest BCUT2D eigenvalue weighted by Crippen LogP contribution is 2.31. The lowest BCUT2D eigenvalue weighted by Crippen LogP contribution is -2.08. The third-order valence-electron chi connectivity index (χ3n) is 3.64. The quantitative estimate of drug-likeness (QED) is 0.901. The van der Waals surface area contributed by atoms with Crippen molar-refractivity contribution in [3.8, 4) is 11.3 Å². The van der Waals surface area contributed by atoms with Gasteiger partial charge in [-0.3, -0.25) is 0 Å². The summed E-state index contributed by atoms with van der Waals surface area (Å²) in [4.78, 5) is 4.83. The van der Waals surface area contributed by atoms with E-state index in [1.165, 1.54) is 11.1 Å². The number of rotatable bonds is 4. The number of benzene rings is 1. The number of anilines is 1. The number of imidazole rings is 1. The van der Waals surface area contributed by atoms with Gasteiger partial charge in [0.1, 0.15) is 17.3 Å². The topological polar surface area (TPSA) is 43.8 Å². The molecule has 0 radical (unpaired) electrons. The van der Waals surface area contributed by atoms with Crippen molar-refractivity contribution < 1.29 is 0 Å². The van der Waals surface area contributed by atoms with Gasteiger partial charge in [0.2, 0.25) is 0 Å². The maximum absolute atomic E-state index is 6.37. The smallest absolute Gasteiger partial charge is 0.131 e. The standard InChI is InChI=1S/C17H25N3/c1-6-9-20-16(18)15(19-17(20)11(2)3)14-8-7-12(4)10-13(14)5/h7-8,10-11H,6,9,18H2,1-5H3. The van der Waals surface area contributed by atoms with Crippen LogP contribution in [-0.4, -0.2) is 9.55 Å². The van der Waals surface area contributed by atoms with E-state index in [9.17, 15) is 0 Å². The highest BCUT2D eigenvalue weighted by atomic mass is 15.1. The molecule has 0 saturated carbocycles. The van der Waals surface area contributed by atoms with Gasteiger partial charge in [0, 0.05) is 18.0 Å². The number of hydrogen-bond donors (Lipinski definition) is 1. The summed E-state index contributed by atoms with van der Waals surface area (Å²) >= 11 is 0. The first-order valence-corrected chi connectivity index (χ1v) is 7.39. The molecule has 0 saturated heterocycles. The number of aromatic nitrogens is 2. The zero-order valence-electron chi connectivity index (χ0n) is 13.2. The van der Waals surface area contributed by atoms with Crippen LogP contribution in [0, 0.1) is 13.8 Å². The minimum Gasteiger partial charge on any atom is -0.383 e. The van der Waals surface area contributed by atoms with Gasteiger partial charge in [-0.15, -0.1) is 0 Å². The number of nitrogens with two attached hydrogens (primary N) is 1. The zero-order chi connectivity index (χ0) is 14.9. The molecule has 0 spiro atoms. The van der Waals surface area contributed by atoms with E-state index in [4.69, 9.17) is 10.7 Å². The first kappa shape index (κ1) is 14.6. The summed E-state index contributed by atoms with van der Waals surface area (Å²) in [6.45, 7) is 11.7. The van der Waals surface area contributed by atoms with Crippen LogP contribution in [0.2, 0.25) is 0 Å². The molecule has 1 aromatic carbocycles. The molecule has 108 valence electrons. The second-order valence-corrected chi connectivity index (χ2v) is 5.83. The molecule has 3 nitrogen and oxygen atoms in total. The number of aryl methyl sites for hydroxylation is 2. The van der Waals surface area contributed by atoms with E-state index in [2.05, 4.69) is 57.4 Å². The van der Waals surface area contributed by atoms with Crippen LogP contribution >= 0.6 is 0 Å². The predicted molar refractivity (Wildman–Crippen MR) is 85.9 cm³/mol. The Morgan fingerprint density at radius 2 is 1.95 bits per heavy atom. The van der Waals surface area contributed by atoms with Gasteiger partial charge in [0.05, 0.1) is 0 Å². The summed E-state index contributed by atoms with van der Waals surface area (Å²) in [5.41, 5.74) is 10.9. The van der Waals surface area contributed by atoms with E-state index in [1.807, 2.05) is 0 Å². The van der Waals surface area contributed by atoms with E-state index in [1.54, 1.807) is 0 Å². The van der Waals surface area contributed by atoms with E-state index < -0.39 is 0 Å². The van der Waals surface area contributed by atoms with Crippen LogP contribution < -0.4 is 5.73 Å². The van der Waals surface area contributed by atoms with Gasteiger partial charge >= 0.3 is 0 Å². The van der Waals surface area contributed by atoms with Gasteiger partial charge in [-0.25, -0.2) is 4.98 Å². The van der Waals surface area contributed by atoms with Gasteiger partial charge in [-0.1, -0.05) is 44.5 Å². The molecule has 3 heteroatoms. The molecule has 0 aliphatic carbocycles. The maximum Gasteiger partial charge on any atom is 0.131 e. The van der Waals surface area contributed by atoms with Crippen molar-refractivity contribution in [3.63, 3.8) is 0 Å². The van der Waals surface area contributed by atoms with Crippen molar-refractivity contribution in [3.05, 3.63) is 35.2 Å². The maximum atomic E-state index is 6.37. The molecule has 20 heavy (non-hydrogen) atoms. The molecule has 0 amide bonds. The van der Waals surface area contributed by atoms with Crippen LogP contribution in [-0.2, 0) is 6.54 Å². The lowest BCUT2D eigenvalue weighted by molar-refractivity contribution is 0.616. The Bertz CT molecular complexity index is 609. The number of hydrogen-bond acceptors (Lipinski definition) is 2. The van der Waals surface area contributed by atoms with Crippen LogP contribution in [0.1, 0.15) is 50.1 Å². The van der Waals surface area contributed by atoms with Crippen molar-refractivity contribution in [1.29, 1.82) is 0 Å². The van der Waals surface area contributed by atoms with Crippen molar-refractivity contribution in [2.75, 3.05) is 5.73 Å². The minimum absolute atomic E-state index is 0.378. The molecule has 0 fully saturated rings. The molecular weight excluding hydrogens is 246 g/mol. The summed E-state index contributed by atoms with van der Waals surface area (Å²) in [6, 6.07) is 6.43. The fourth-order valence-electron chi connectivity index (χ4n) is 2.66. The van der Waals surface area contributed by atoms with Gasteiger partial charge < -0.3 is 10.3 Å². The summed E-state index contributed by atoms with van der Waals surface area (Å²) in [6.07, 6.45) is 1.06. The molecule has 0 unspecified atom stereocenters. The summed E-state index contributed by atoms with van der Waals surface area (Å²) in [5, 5.41) is 0.